The van der Waals surface area contributed by atoms with E-state index in [1.54, 1.807) is 35.6 Å². The Hall–Kier alpha value is -5.40. The minimum Gasteiger partial charge on any atom is -0.466 e. The predicted octanol–water partition coefficient (Wildman–Crippen LogP) is 7.23. The van der Waals surface area contributed by atoms with Crippen LogP contribution in [-0.2, 0) is 45.2 Å². The van der Waals surface area contributed by atoms with Crippen LogP contribution in [0.25, 0.3) is 5.00 Å². The van der Waals surface area contributed by atoms with Gasteiger partial charge in [0.2, 0.25) is 0 Å². The van der Waals surface area contributed by atoms with Gasteiger partial charge in [0.25, 0.3) is 0 Å². The van der Waals surface area contributed by atoms with E-state index in [1.165, 1.54) is 0 Å². The monoisotopic (exact) mass is 751 g/mol. The molecule has 3 aromatic heterocycles. The molecular formula is C39H38ClN7O5S. The van der Waals surface area contributed by atoms with Crippen molar-refractivity contribution in [3.8, 4) is 5.00 Å². The second-order valence-electron chi connectivity index (χ2n) is 12.5. The lowest BCUT2D eigenvalue weighted by atomic mass is 9.95. The molecule has 0 saturated carbocycles. The van der Waals surface area contributed by atoms with Gasteiger partial charge in [-0.25, -0.2) is 4.79 Å². The molecule has 0 atom stereocenters. The number of hydrogen-bond donors (Lipinski definition) is 0. The Bertz CT molecular complexity index is 2180. The lowest BCUT2D eigenvalue weighted by molar-refractivity contribution is -0.143. The highest BCUT2D eigenvalue weighted by molar-refractivity contribution is 7.15. The number of nitrogens with zero attached hydrogens (tertiary/aromatic N) is 7. The van der Waals surface area contributed by atoms with Gasteiger partial charge < -0.3 is 19.2 Å². The molecule has 12 nitrogen and oxygen atoms in total. The molecule has 0 N–H and O–H groups in total. The number of amides is 1. The number of benzene rings is 2. The summed E-state index contributed by atoms with van der Waals surface area (Å²) in [5, 5.41) is 14.8. The Labute approximate surface area is 316 Å². The summed E-state index contributed by atoms with van der Waals surface area (Å²) in [5.41, 5.74) is 6.86. The van der Waals surface area contributed by atoms with Gasteiger partial charge in [0, 0.05) is 57.5 Å². The number of unbranched alkanes of at least 4 members (excludes halogenated alkanes) is 1. The maximum Gasteiger partial charge on any atom is 0.410 e. The summed E-state index contributed by atoms with van der Waals surface area (Å²) in [5.74, 6) is 1.33. The van der Waals surface area contributed by atoms with Crippen molar-refractivity contribution in [3.63, 3.8) is 0 Å². The van der Waals surface area contributed by atoms with Crippen molar-refractivity contribution in [1.29, 1.82) is 0 Å². The first kappa shape index (κ1) is 36.0. The van der Waals surface area contributed by atoms with Crippen molar-refractivity contribution in [2.24, 2.45) is 10.1 Å². The summed E-state index contributed by atoms with van der Waals surface area (Å²) >= 11 is 8.33. The summed E-state index contributed by atoms with van der Waals surface area (Å²) in [6.07, 6.45) is 5.31. The number of halogens is 1. The lowest BCUT2D eigenvalue weighted by Crippen LogP contribution is -2.36. The van der Waals surface area contributed by atoms with Gasteiger partial charge in [-0.3, -0.25) is 19.3 Å². The molecule has 0 bridgehead atoms. The molecule has 2 aliphatic rings. The largest absolute Gasteiger partial charge is 0.466 e. The summed E-state index contributed by atoms with van der Waals surface area (Å²) in [6, 6.07) is 19.2. The standard InChI is InChI=1S/C39H38ClN7O5S/c1-3-50-34(48)15-6-7-19-52-45-36(28-12-9-17-41-21-28)27-11-8-10-26(20-27)24-51-39(49)46-18-16-30-32(23-46)53-38-35(30)37(29-13-4-5-14-31(29)40)42-22-33-44-43-25(2)47(33)38/h4-5,8-14,17,20-21H,3,6-7,15-16,18-19,22-24H2,1-2H3/b45-36-. The number of pyridine rings is 1. The number of aliphatic imine (C=N–C) groups is 1. The number of aromatic nitrogens is 4. The summed E-state index contributed by atoms with van der Waals surface area (Å²) < 4.78 is 12.9. The zero-order valence-electron chi connectivity index (χ0n) is 29.5. The third kappa shape index (κ3) is 8.01. The Morgan fingerprint density at radius 3 is 2.72 bits per heavy atom. The highest BCUT2D eigenvalue weighted by Gasteiger charge is 2.33. The number of hydrogen-bond acceptors (Lipinski definition) is 11. The molecule has 0 radical (unpaired) electrons. The van der Waals surface area contributed by atoms with E-state index in [1.807, 2.05) is 67.6 Å². The van der Waals surface area contributed by atoms with Crippen LogP contribution >= 0.6 is 22.9 Å². The third-order valence-corrected chi connectivity index (χ3v) is 10.5. The zero-order chi connectivity index (χ0) is 36.7. The van der Waals surface area contributed by atoms with Gasteiger partial charge in [-0.2, -0.15) is 0 Å². The zero-order valence-corrected chi connectivity index (χ0v) is 31.0. The van der Waals surface area contributed by atoms with Crippen LogP contribution < -0.4 is 0 Å². The summed E-state index contributed by atoms with van der Waals surface area (Å²) in [4.78, 5) is 42.9. The van der Waals surface area contributed by atoms with E-state index in [-0.39, 0.29) is 12.6 Å². The van der Waals surface area contributed by atoms with E-state index in [2.05, 4.69) is 24.9 Å². The van der Waals surface area contributed by atoms with Crippen molar-refractivity contribution in [3.05, 3.63) is 128 Å². The minimum absolute atomic E-state index is 0.0819. The Kier molecular flexibility index (Phi) is 11.2. The number of oxime groups is 1. The first-order valence-corrected chi connectivity index (χ1v) is 18.7. The number of thiophene rings is 1. The molecule has 272 valence electrons. The van der Waals surface area contributed by atoms with E-state index in [0.29, 0.717) is 69.3 Å². The van der Waals surface area contributed by atoms with Crippen molar-refractivity contribution >= 4 is 46.4 Å². The highest BCUT2D eigenvalue weighted by Crippen LogP contribution is 2.40. The molecule has 0 spiro atoms. The molecule has 14 heteroatoms. The summed E-state index contributed by atoms with van der Waals surface area (Å²) in [6.45, 7) is 5.82. The number of rotatable bonds is 12. The molecule has 53 heavy (non-hydrogen) atoms. The lowest BCUT2D eigenvalue weighted by Gasteiger charge is -2.27. The molecule has 2 aliphatic heterocycles. The van der Waals surface area contributed by atoms with Crippen LogP contribution in [0.15, 0.2) is 83.2 Å². The normalized spacial score (nSPS) is 13.7. The van der Waals surface area contributed by atoms with Crippen LogP contribution in [-0.4, -0.2) is 67.9 Å². The molecule has 0 unspecified atom stereocenters. The van der Waals surface area contributed by atoms with Gasteiger partial charge in [-0.1, -0.05) is 53.2 Å². The predicted molar refractivity (Wildman–Crippen MR) is 202 cm³/mol. The number of fused-ring (bicyclic) bond motifs is 5. The number of carbonyl (C=O) groups is 2. The second-order valence-corrected chi connectivity index (χ2v) is 14.0. The van der Waals surface area contributed by atoms with Crippen LogP contribution in [0.3, 0.4) is 0 Å². The van der Waals surface area contributed by atoms with Gasteiger partial charge in [0.05, 0.1) is 18.9 Å². The Balaban J connectivity index is 1.05. The molecule has 0 saturated heterocycles. The third-order valence-electron chi connectivity index (χ3n) is 8.96. The minimum atomic E-state index is -0.391. The van der Waals surface area contributed by atoms with Gasteiger partial charge in [0.15, 0.2) is 5.82 Å². The quantitative estimate of drug-likeness (QED) is 0.0564. The second kappa shape index (κ2) is 16.5. The van der Waals surface area contributed by atoms with E-state index in [4.69, 9.17) is 30.9 Å². The molecule has 2 aromatic carbocycles. The number of aryl methyl sites for hydroxylation is 1. The summed E-state index contributed by atoms with van der Waals surface area (Å²) in [7, 11) is 0. The first-order chi connectivity index (χ1) is 25.9. The molecule has 0 fully saturated rings. The average molecular weight is 752 g/mol. The topological polar surface area (TPSA) is 133 Å². The van der Waals surface area contributed by atoms with Crippen LogP contribution in [0.2, 0.25) is 5.02 Å². The Morgan fingerprint density at radius 1 is 1.02 bits per heavy atom. The van der Waals surface area contributed by atoms with E-state index in [9.17, 15) is 9.59 Å². The number of carbonyl (C=O) groups excluding carboxylic acids is 2. The molecule has 5 heterocycles. The van der Waals surface area contributed by atoms with Crippen molar-refractivity contribution in [1.82, 2.24) is 24.6 Å². The fourth-order valence-electron chi connectivity index (χ4n) is 6.42. The maximum absolute atomic E-state index is 13.5. The fraction of sp³-hybridized carbons (Fsp3) is 0.308. The first-order valence-electron chi connectivity index (χ1n) is 17.5. The van der Waals surface area contributed by atoms with Crippen molar-refractivity contribution < 1.29 is 23.9 Å². The average Bonchev–Trinajstić information content (AvgIpc) is 3.68. The van der Waals surface area contributed by atoms with Crippen molar-refractivity contribution in [2.45, 2.75) is 59.2 Å². The molecular weight excluding hydrogens is 714 g/mol. The number of esters is 1. The van der Waals surface area contributed by atoms with Gasteiger partial charge >= 0.3 is 12.1 Å². The van der Waals surface area contributed by atoms with Gasteiger partial charge in [-0.05, 0) is 68.5 Å². The van der Waals surface area contributed by atoms with Gasteiger partial charge in [-0.15, -0.1) is 21.5 Å². The molecule has 1 amide bonds. The van der Waals surface area contributed by atoms with E-state index in [0.717, 1.165) is 60.6 Å². The van der Waals surface area contributed by atoms with E-state index < -0.39 is 6.09 Å². The molecule has 5 aromatic rings. The maximum atomic E-state index is 13.5. The fourth-order valence-corrected chi connectivity index (χ4v) is 8.08. The van der Waals surface area contributed by atoms with E-state index >= 15 is 0 Å². The molecule has 0 aliphatic carbocycles. The van der Waals surface area contributed by atoms with Crippen LogP contribution in [0.5, 0.6) is 0 Å². The van der Waals surface area contributed by atoms with Gasteiger partial charge in [0.1, 0.15) is 36.3 Å². The Morgan fingerprint density at radius 2 is 1.89 bits per heavy atom. The molecule has 7 rings (SSSR count). The van der Waals surface area contributed by atoms with Crippen LogP contribution in [0.4, 0.5) is 4.79 Å². The van der Waals surface area contributed by atoms with Crippen LogP contribution in [0, 0.1) is 6.92 Å². The highest BCUT2D eigenvalue weighted by atomic mass is 35.5. The smallest absolute Gasteiger partial charge is 0.410 e. The SMILES string of the molecule is CCOC(=O)CCCCO/N=C(\c1cccnc1)c1cccc(COC(=O)N2CCc3c(sc4c3C(c3ccccc3Cl)=NCc3nnc(C)n3-4)C2)c1. The number of ether oxygens (including phenoxy) is 2. The van der Waals surface area contributed by atoms with Crippen molar-refractivity contribution in [2.75, 3.05) is 19.8 Å². The van der Waals surface area contributed by atoms with Crippen LogP contribution in [0.1, 0.15) is 76.1 Å².